The van der Waals surface area contributed by atoms with Crippen molar-refractivity contribution in [3.05, 3.63) is 34.1 Å². The number of benzene rings is 1. The molecule has 1 heterocycles. The van der Waals surface area contributed by atoms with E-state index >= 15 is 0 Å². The normalized spacial score (nSPS) is 15.7. The van der Waals surface area contributed by atoms with Gasteiger partial charge in [-0.25, -0.2) is 9.18 Å². The van der Waals surface area contributed by atoms with E-state index in [2.05, 4.69) is 31.6 Å². The van der Waals surface area contributed by atoms with Crippen molar-refractivity contribution in [2.75, 3.05) is 33.3 Å². The van der Waals surface area contributed by atoms with Crippen LogP contribution in [0.5, 0.6) is 0 Å². The van der Waals surface area contributed by atoms with E-state index in [0.717, 1.165) is 30.8 Å². The molecule has 0 bridgehead atoms. The van der Waals surface area contributed by atoms with Gasteiger partial charge in [0, 0.05) is 32.7 Å². The van der Waals surface area contributed by atoms with Crippen LogP contribution in [-0.2, 0) is 11.2 Å². The number of aliphatic imine (C=N–C) groups is 1. The predicted octanol–water partition coefficient (Wildman–Crippen LogP) is 2.92. The Morgan fingerprint density at radius 3 is 2.77 bits per heavy atom. The largest absolute Gasteiger partial charge is 0.450 e. The summed E-state index contributed by atoms with van der Waals surface area (Å²) in [5.41, 5.74) is 1.05. The second-order valence-electron chi connectivity index (χ2n) is 6.10. The number of piperidine rings is 1. The zero-order valence-electron chi connectivity index (χ0n) is 15.2. The van der Waals surface area contributed by atoms with Gasteiger partial charge in [-0.2, -0.15) is 0 Å². The molecule has 0 aliphatic carbocycles. The van der Waals surface area contributed by atoms with Crippen molar-refractivity contribution in [2.45, 2.75) is 32.2 Å². The minimum Gasteiger partial charge on any atom is -0.450 e. The number of nitrogens with one attached hydrogen (secondary N) is 2. The quantitative estimate of drug-likeness (QED) is 0.558. The first-order valence-corrected chi connectivity index (χ1v) is 9.65. The maximum Gasteiger partial charge on any atom is 0.409 e. The number of hydrogen-bond donors (Lipinski definition) is 2. The first kappa shape index (κ1) is 20.5. The zero-order chi connectivity index (χ0) is 18.9. The monoisotopic (exact) mass is 428 g/mol. The molecular weight excluding hydrogens is 403 g/mol. The van der Waals surface area contributed by atoms with Crippen LogP contribution in [0.25, 0.3) is 0 Å². The molecular formula is C18H26BrFN4O2. The van der Waals surface area contributed by atoms with Crippen LogP contribution in [0.4, 0.5) is 9.18 Å². The molecule has 1 aliphatic rings. The number of halogens is 2. The van der Waals surface area contributed by atoms with E-state index in [0.29, 0.717) is 30.7 Å². The van der Waals surface area contributed by atoms with Gasteiger partial charge in [0.1, 0.15) is 5.82 Å². The smallest absolute Gasteiger partial charge is 0.409 e. The van der Waals surface area contributed by atoms with Gasteiger partial charge >= 0.3 is 6.09 Å². The summed E-state index contributed by atoms with van der Waals surface area (Å²) in [4.78, 5) is 17.7. The maximum atomic E-state index is 13.3. The van der Waals surface area contributed by atoms with Gasteiger partial charge in [0.05, 0.1) is 11.1 Å². The first-order valence-electron chi connectivity index (χ1n) is 8.86. The van der Waals surface area contributed by atoms with Crippen molar-refractivity contribution < 1.29 is 13.9 Å². The third kappa shape index (κ3) is 6.16. The van der Waals surface area contributed by atoms with Gasteiger partial charge in [0.2, 0.25) is 0 Å². The van der Waals surface area contributed by atoms with Crippen molar-refractivity contribution in [1.82, 2.24) is 15.5 Å². The van der Waals surface area contributed by atoms with Gasteiger partial charge in [-0.15, -0.1) is 0 Å². The number of likely N-dealkylation sites (tertiary alicyclic amines) is 1. The highest BCUT2D eigenvalue weighted by Crippen LogP contribution is 2.17. The number of amides is 1. The molecule has 0 spiro atoms. The highest BCUT2D eigenvalue weighted by Gasteiger charge is 2.23. The molecule has 2 rings (SSSR count). The van der Waals surface area contributed by atoms with Crippen LogP contribution >= 0.6 is 15.9 Å². The Balaban J connectivity index is 1.73. The lowest BCUT2D eigenvalue weighted by Crippen LogP contribution is -2.50. The molecule has 1 amide bonds. The van der Waals surface area contributed by atoms with Crippen LogP contribution in [0.1, 0.15) is 25.3 Å². The summed E-state index contributed by atoms with van der Waals surface area (Å²) < 4.78 is 18.8. The van der Waals surface area contributed by atoms with Crippen LogP contribution in [0, 0.1) is 5.82 Å². The molecule has 0 saturated carbocycles. The molecule has 6 nitrogen and oxygen atoms in total. The highest BCUT2D eigenvalue weighted by atomic mass is 79.9. The summed E-state index contributed by atoms with van der Waals surface area (Å²) in [7, 11) is 1.73. The van der Waals surface area contributed by atoms with Crippen LogP contribution in [0.2, 0.25) is 0 Å². The van der Waals surface area contributed by atoms with Crippen molar-refractivity contribution >= 4 is 28.0 Å². The van der Waals surface area contributed by atoms with E-state index in [1.807, 2.05) is 6.92 Å². The Morgan fingerprint density at radius 1 is 1.42 bits per heavy atom. The van der Waals surface area contributed by atoms with E-state index in [-0.39, 0.29) is 18.0 Å². The lowest BCUT2D eigenvalue weighted by molar-refractivity contribution is 0.0963. The molecule has 0 atom stereocenters. The van der Waals surface area contributed by atoms with Gasteiger partial charge in [-0.3, -0.25) is 4.99 Å². The van der Waals surface area contributed by atoms with E-state index in [9.17, 15) is 9.18 Å². The Labute approximate surface area is 162 Å². The molecule has 0 unspecified atom stereocenters. The standard InChI is InChI=1S/C18H26BrFN4O2/c1-3-26-18(25)24-10-7-14(8-11-24)23-17(21-2)22-9-6-13-4-5-16(20)15(19)12-13/h4-5,12,14H,3,6-11H2,1-2H3,(H2,21,22,23). The first-order chi connectivity index (χ1) is 12.5. The predicted molar refractivity (Wildman–Crippen MR) is 104 cm³/mol. The molecule has 0 radical (unpaired) electrons. The molecule has 2 N–H and O–H groups in total. The fraction of sp³-hybridized carbons (Fsp3) is 0.556. The summed E-state index contributed by atoms with van der Waals surface area (Å²) in [6, 6.07) is 5.30. The zero-order valence-corrected chi connectivity index (χ0v) is 16.8. The van der Waals surface area contributed by atoms with Crippen molar-refractivity contribution in [3.63, 3.8) is 0 Å². The molecule has 8 heteroatoms. The molecule has 1 fully saturated rings. The molecule has 1 aromatic rings. The average molecular weight is 429 g/mol. The van der Waals surface area contributed by atoms with Gasteiger partial charge < -0.3 is 20.3 Å². The number of hydrogen-bond acceptors (Lipinski definition) is 3. The second-order valence-corrected chi connectivity index (χ2v) is 6.96. The number of ether oxygens (including phenoxy) is 1. The van der Waals surface area contributed by atoms with Gasteiger partial charge in [0.15, 0.2) is 5.96 Å². The molecule has 144 valence electrons. The number of carbonyl (C=O) groups is 1. The fourth-order valence-corrected chi connectivity index (χ4v) is 3.26. The molecule has 0 aromatic heterocycles. The molecule has 1 saturated heterocycles. The Hall–Kier alpha value is -1.83. The maximum absolute atomic E-state index is 13.3. The molecule has 26 heavy (non-hydrogen) atoms. The van der Waals surface area contributed by atoms with E-state index in [4.69, 9.17) is 4.74 Å². The number of nitrogens with zero attached hydrogens (tertiary/aromatic N) is 2. The number of rotatable bonds is 5. The average Bonchev–Trinajstić information content (AvgIpc) is 2.64. The summed E-state index contributed by atoms with van der Waals surface area (Å²) in [6.45, 7) is 4.26. The van der Waals surface area contributed by atoms with Crippen LogP contribution in [-0.4, -0.2) is 56.3 Å². The summed E-state index contributed by atoms with van der Waals surface area (Å²) in [5.74, 6) is 0.481. The third-order valence-corrected chi connectivity index (χ3v) is 4.88. The fourth-order valence-electron chi connectivity index (χ4n) is 2.83. The minimum atomic E-state index is -0.256. The Kier molecular flexibility index (Phi) is 8.15. The summed E-state index contributed by atoms with van der Waals surface area (Å²) >= 11 is 3.20. The molecule has 1 aliphatic heterocycles. The van der Waals surface area contributed by atoms with Crippen LogP contribution in [0.15, 0.2) is 27.7 Å². The number of guanidine groups is 1. The van der Waals surface area contributed by atoms with E-state index in [1.54, 1.807) is 24.1 Å². The topological polar surface area (TPSA) is 66.0 Å². The van der Waals surface area contributed by atoms with Gasteiger partial charge in [0.25, 0.3) is 0 Å². The van der Waals surface area contributed by atoms with Crippen molar-refractivity contribution in [1.29, 1.82) is 0 Å². The van der Waals surface area contributed by atoms with Crippen LogP contribution < -0.4 is 10.6 Å². The van der Waals surface area contributed by atoms with E-state index in [1.165, 1.54) is 6.07 Å². The summed E-state index contributed by atoms with van der Waals surface area (Å²) in [5, 5.41) is 6.67. The van der Waals surface area contributed by atoms with Crippen molar-refractivity contribution in [3.8, 4) is 0 Å². The van der Waals surface area contributed by atoms with Crippen molar-refractivity contribution in [2.24, 2.45) is 4.99 Å². The third-order valence-electron chi connectivity index (χ3n) is 4.28. The van der Waals surface area contributed by atoms with E-state index < -0.39 is 0 Å². The minimum absolute atomic E-state index is 0.237. The summed E-state index contributed by atoms with van der Waals surface area (Å²) in [6.07, 6.45) is 2.23. The highest BCUT2D eigenvalue weighted by molar-refractivity contribution is 9.10. The lowest BCUT2D eigenvalue weighted by Gasteiger charge is -2.32. The Morgan fingerprint density at radius 2 is 2.15 bits per heavy atom. The van der Waals surface area contributed by atoms with Gasteiger partial charge in [-0.1, -0.05) is 6.07 Å². The second kappa shape index (κ2) is 10.4. The van der Waals surface area contributed by atoms with Gasteiger partial charge in [-0.05, 0) is 59.8 Å². The SMILES string of the molecule is CCOC(=O)N1CCC(NC(=NC)NCCc2ccc(F)c(Br)c2)CC1. The van der Waals surface area contributed by atoms with Crippen LogP contribution in [0.3, 0.4) is 0 Å². The Bertz CT molecular complexity index is 634. The molecule has 1 aromatic carbocycles. The lowest BCUT2D eigenvalue weighted by atomic mass is 10.1. The number of carbonyl (C=O) groups excluding carboxylic acids is 1.